The molecule has 0 spiro atoms. The first kappa shape index (κ1) is 17.5. The van der Waals surface area contributed by atoms with Crippen LogP contribution in [0.25, 0.3) is 0 Å². The molecule has 6 heteroatoms. The van der Waals surface area contributed by atoms with Crippen molar-refractivity contribution in [1.82, 2.24) is 9.97 Å². The normalized spacial score (nSPS) is 14.4. The minimum Gasteiger partial charge on any atom is -0.497 e. The smallest absolute Gasteiger partial charge is 0.229 e. The highest BCUT2D eigenvalue weighted by atomic mass is 16.5. The van der Waals surface area contributed by atoms with Gasteiger partial charge in [0.05, 0.1) is 20.3 Å². The summed E-state index contributed by atoms with van der Waals surface area (Å²) < 4.78 is 10.8. The summed E-state index contributed by atoms with van der Waals surface area (Å²) in [4.78, 5) is 11.7. The molecule has 2 heterocycles. The standard InChI is InChI=1S/C19H26N4O2/c1-4-5-15-12-18(23-8-10-25-11-9-23)22-19(20-15)21-17-13-16(24-3)7-6-14(17)2/h6-7,12-13H,4-5,8-11H2,1-3H3,(H,20,21,22). The van der Waals surface area contributed by atoms with E-state index in [1.54, 1.807) is 7.11 Å². The lowest BCUT2D eigenvalue weighted by Gasteiger charge is -2.28. The zero-order chi connectivity index (χ0) is 17.6. The van der Waals surface area contributed by atoms with Gasteiger partial charge in [-0.15, -0.1) is 0 Å². The molecular weight excluding hydrogens is 316 g/mol. The van der Waals surface area contributed by atoms with Crippen molar-refractivity contribution >= 4 is 17.5 Å². The van der Waals surface area contributed by atoms with Crippen molar-refractivity contribution in [2.45, 2.75) is 26.7 Å². The van der Waals surface area contributed by atoms with E-state index < -0.39 is 0 Å². The molecule has 0 saturated carbocycles. The quantitative estimate of drug-likeness (QED) is 0.869. The molecule has 0 unspecified atom stereocenters. The SMILES string of the molecule is CCCc1cc(N2CCOCC2)nc(Nc2cc(OC)ccc2C)n1. The third-order valence-electron chi connectivity index (χ3n) is 4.30. The minimum absolute atomic E-state index is 0.629. The average molecular weight is 342 g/mol. The van der Waals surface area contributed by atoms with E-state index in [1.807, 2.05) is 18.2 Å². The third-order valence-corrected chi connectivity index (χ3v) is 4.30. The maximum atomic E-state index is 5.45. The molecule has 134 valence electrons. The molecule has 1 fully saturated rings. The summed E-state index contributed by atoms with van der Waals surface area (Å²) >= 11 is 0. The molecule has 3 rings (SSSR count). The number of morpholine rings is 1. The van der Waals surface area contributed by atoms with Crippen LogP contribution in [0.5, 0.6) is 5.75 Å². The van der Waals surface area contributed by atoms with Crippen molar-refractivity contribution in [2.75, 3.05) is 43.6 Å². The van der Waals surface area contributed by atoms with Gasteiger partial charge >= 0.3 is 0 Å². The third kappa shape index (κ3) is 4.39. The Labute approximate surface area is 149 Å². The Kier molecular flexibility index (Phi) is 5.71. The number of nitrogens with one attached hydrogen (secondary N) is 1. The molecule has 2 aromatic rings. The van der Waals surface area contributed by atoms with E-state index in [1.165, 1.54) is 0 Å². The predicted molar refractivity (Wildman–Crippen MR) is 100 cm³/mol. The van der Waals surface area contributed by atoms with Gasteiger partial charge in [-0.25, -0.2) is 4.98 Å². The van der Waals surface area contributed by atoms with Crippen LogP contribution in [-0.4, -0.2) is 43.4 Å². The van der Waals surface area contributed by atoms with Crippen LogP contribution in [0.2, 0.25) is 0 Å². The highest BCUT2D eigenvalue weighted by Gasteiger charge is 2.15. The summed E-state index contributed by atoms with van der Waals surface area (Å²) in [5, 5.41) is 3.37. The lowest BCUT2D eigenvalue weighted by Crippen LogP contribution is -2.37. The second-order valence-corrected chi connectivity index (χ2v) is 6.20. The molecule has 0 bridgehead atoms. The molecular formula is C19H26N4O2. The molecule has 0 atom stereocenters. The van der Waals surface area contributed by atoms with Gasteiger partial charge in [-0.05, 0) is 25.0 Å². The van der Waals surface area contributed by atoms with E-state index in [2.05, 4.69) is 35.1 Å². The number of rotatable bonds is 6. The van der Waals surface area contributed by atoms with Gasteiger partial charge in [0, 0.05) is 36.6 Å². The van der Waals surface area contributed by atoms with Crippen LogP contribution in [0.15, 0.2) is 24.3 Å². The summed E-state index contributed by atoms with van der Waals surface area (Å²) in [5.74, 6) is 2.40. The monoisotopic (exact) mass is 342 g/mol. The van der Waals surface area contributed by atoms with Gasteiger partial charge in [-0.1, -0.05) is 19.4 Å². The number of hydrogen-bond acceptors (Lipinski definition) is 6. The first-order valence-electron chi connectivity index (χ1n) is 8.82. The van der Waals surface area contributed by atoms with Crippen molar-refractivity contribution in [1.29, 1.82) is 0 Å². The molecule has 0 radical (unpaired) electrons. The Morgan fingerprint density at radius 1 is 1.20 bits per heavy atom. The number of nitrogens with zero attached hydrogens (tertiary/aromatic N) is 3. The van der Waals surface area contributed by atoms with Crippen LogP contribution >= 0.6 is 0 Å². The summed E-state index contributed by atoms with van der Waals surface area (Å²) in [7, 11) is 1.67. The number of aromatic nitrogens is 2. The van der Waals surface area contributed by atoms with Crippen LogP contribution in [0, 0.1) is 6.92 Å². The van der Waals surface area contributed by atoms with Gasteiger partial charge in [0.25, 0.3) is 0 Å². The van der Waals surface area contributed by atoms with E-state index in [0.29, 0.717) is 5.95 Å². The largest absolute Gasteiger partial charge is 0.497 e. The van der Waals surface area contributed by atoms with E-state index in [0.717, 1.165) is 67.7 Å². The number of anilines is 3. The molecule has 1 saturated heterocycles. The zero-order valence-corrected chi connectivity index (χ0v) is 15.2. The molecule has 1 aliphatic rings. The Morgan fingerprint density at radius 3 is 2.72 bits per heavy atom. The highest BCUT2D eigenvalue weighted by Crippen LogP contribution is 2.25. The van der Waals surface area contributed by atoms with Gasteiger partial charge in [0.1, 0.15) is 11.6 Å². The van der Waals surface area contributed by atoms with E-state index in [9.17, 15) is 0 Å². The Balaban J connectivity index is 1.90. The van der Waals surface area contributed by atoms with Crippen molar-refractivity contribution in [3.05, 3.63) is 35.5 Å². The summed E-state index contributed by atoms with van der Waals surface area (Å²) in [6, 6.07) is 8.05. The van der Waals surface area contributed by atoms with Gasteiger partial charge in [0.2, 0.25) is 5.95 Å². The van der Waals surface area contributed by atoms with Crippen LogP contribution < -0.4 is 15.0 Å². The van der Waals surface area contributed by atoms with Crippen molar-refractivity contribution in [3.8, 4) is 5.75 Å². The maximum absolute atomic E-state index is 5.45. The lowest BCUT2D eigenvalue weighted by atomic mass is 10.2. The van der Waals surface area contributed by atoms with Crippen molar-refractivity contribution < 1.29 is 9.47 Å². The predicted octanol–water partition coefficient (Wildman–Crippen LogP) is 3.33. The van der Waals surface area contributed by atoms with E-state index in [4.69, 9.17) is 14.5 Å². The molecule has 25 heavy (non-hydrogen) atoms. The van der Waals surface area contributed by atoms with Crippen LogP contribution in [0.4, 0.5) is 17.5 Å². The summed E-state index contributed by atoms with van der Waals surface area (Å²) in [6.07, 6.45) is 1.99. The summed E-state index contributed by atoms with van der Waals surface area (Å²) in [5.41, 5.74) is 3.14. The van der Waals surface area contributed by atoms with Crippen LogP contribution in [-0.2, 0) is 11.2 Å². The molecule has 6 nitrogen and oxygen atoms in total. The second kappa shape index (κ2) is 8.16. The summed E-state index contributed by atoms with van der Waals surface area (Å²) in [6.45, 7) is 7.42. The average Bonchev–Trinajstić information content (AvgIpc) is 2.64. The molecule has 1 aromatic heterocycles. The van der Waals surface area contributed by atoms with Crippen LogP contribution in [0.3, 0.4) is 0 Å². The van der Waals surface area contributed by atoms with Crippen molar-refractivity contribution in [3.63, 3.8) is 0 Å². The van der Waals surface area contributed by atoms with Gasteiger partial charge in [0.15, 0.2) is 0 Å². The first-order chi connectivity index (χ1) is 12.2. The lowest BCUT2D eigenvalue weighted by molar-refractivity contribution is 0.122. The van der Waals surface area contributed by atoms with Gasteiger partial charge in [-0.3, -0.25) is 0 Å². The maximum Gasteiger partial charge on any atom is 0.229 e. The Bertz CT molecular complexity index is 715. The number of hydrogen-bond donors (Lipinski definition) is 1. The van der Waals surface area contributed by atoms with Gasteiger partial charge < -0.3 is 19.7 Å². The molecule has 1 N–H and O–H groups in total. The molecule has 0 aliphatic carbocycles. The zero-order valence-electron chi connectivity index (χ0n) is 15.2. The van der Waals surface area contributed by atoms with Crippen LogP contribution in [0.1, 0.15) is 24.6 Å². The highest BCUT2D eigenvalue weighted by molar-refractivity contribution is 5.62. The number of ether oxygens (including phenoxy) is 2. The number of aryl methyl sites for hydroxylation is 2. The Morgan fingerprint density at radius 2 is 2.00 bits per heavy atom. The minimum atomic E-state index is 0.629. The molecule has 1 aliphatic heterocycles. The number of methoxy groups -OCH3 is 1. The molecule has 1 aromatic carbocycles. The van der Waals surface area contributed by atoms with E-state index in [-0.39, 0.29) is 0 Å². The van der Waals surface area contributed by atoms with Crippen molar-refractivity contribution in [2.24, 2.45) is 0 Å². The Hall–Kier alpha value is -2.34. The fourth-order valence-corrected chi connectivity index (χ4v) is 2.86. The fraction of sp³-hybridized carbons (Fsp3) is 0.474. The first-order valence-corrected chi connectivity index (χ1v) is 8.82. The van der Waals surface area contributed by atoms with E-state index >= 15 is 0 Å². The topological polar surface area (TPSA) is 59.5 Å². The van der Waals surface area contributed by atoms with Gasteiger partial charge in [-0.2, -0.15) is 4.98 Å². The number of benzene rings is 1. The fourth-order valence-electron chi connectivity index (χ4n) is 2.86. The molecule has 0 amide bonds. The second-order valence-electron chi connectivity index (χ2n) is 6.20.